The molecule has 1 heterocycles. The Labute approximate surface area is 116 Å². The standard InChI is InChI=1S/C11H8N2O4S2/c14-10(15)5-7-6-18-11(12-7)19-9-4-2-1-3-8(9)13(16)17/h1-4,6H,5H2,(H,14,15). The number of hydrogen-bond donors (Lipinski definition) is 1. The van der Waals surface area contributed by atoms with Crippen molar-refractivity contribution in [3.63, 3.8) is 0 Å². The first-order chi connectivity index (χ1) is 9.06. The minimum Gasteiger partial charge on any atom is -0.481 e. The number of carboxylic acid groups (broad SMARTS) is 1. The van der Waals surface area contributed by atoms with E-state index in [1.54, 1.807) is 23.6 Å². The molecule has 98 valence electrons. The molecule has 0 aliphatic heterocycles. The summed E-state index contributed by atoms with van der Waals surface area (Å²) in [6.07, 6.45) is -0.145. The number of carboxylic acids is 1. The Morgan fingerprint density at radius 1 is 1.47 bits per heavy atom. The number of rotatable bonds is 5. The second kappa shape index (κ2) is 5.81. The van der Waals surface area contributed by atoms with Gasteiger partial charge in [0.25, 0.3) is 5.69 Å². The molecule has 0 bridgehead atoms. The number of thiazole rings is 1. The number of nitro groups is 1. The lowest BCUT2D eigenvalue weighted by atomic mass is 10.3. The van der Waals surface area contributed by atoms with Crippen LogP contribution >= 0.6 is 23.1 Å². The minimum atomic E-state index is -0.951. The molecule has 19 heavy (non-hydrogen) atoms. The Bertz CT molecular complexity index is 627. The Hall–Kier alpha value is -1.93. The minimum absolute atomic E-state index is 0.0162. The van der Waals surface area contributed by atoms with Crippen LogP contribution in [0.3, 0.4) is 0 Å². The van der Waals surface area contributed by atoms with Crippen LogP contribution in [0.25, 0.3) is 0 Å². The van der Waals surface area contributed by atoms with E-state index in [9.17, 15) is 14.9 Å². The molecule has 1 aromatic carbocycles. The molecule has 0 aliphatic rings. The van der Waals surface area contributed by atoms with Crippen molar-refractivity contribution in [2.24, 2.45) is 0 Å². The van der Waals surface area contributed by atoms with Crippen LogP contribution in [0.2, 0.25) is 0 Å². The molecule has 0 spiro atoms. The number of carbonyl (C=O) groups is 1. The first-order valence-corrected chi connectivity index (χ1v) is 6.83. The van der Waals surface area contributed by atoms with Crippen LogP contribution in [-0.4, -0.2) is 21.0 Å². The molecule has 0 amide bonds. The predicted molar refractivity (Wildman–Crippen MR) is 70.7 cm³/mol. The first-order valence-electron chi connectivity index (χ1n) is 5.13. The van der Waals surface area contributed by atoms with Gasteiger partial charge in [0.1, 0.15) is 0 Å². The molecule has 0 fully saturated rings. The Kier molecular flexibility index (Phi) is 4.13. The third-order valence-corrected chi connectivity index (χ3v) is 4.17. The van der Waals surface area contributed by atoms with Crippen molar-refractivity contribution < 1.29 is 14.8 Å². The van der Waals surface area contributed by atoms with E-state index >= 15 is 0 Å². The van der Waals surface area contributed by atoms with Crippen molar-refractivity contribution in [3.05, 3.63) is 45.5 Å². The van der Waals surface area contributed by atoms with Crippen LogP contribution in [0.1, 0.15) is 5.69 Å². The van der Waals surface area contributed by atoms with Gasteiger partial charge < -0.3 is 5.11 Å². The molecule has 0 aliphatic carbocycles. The molecule has 6 nitrogen and oxygen atoms in total. The fourth-order valence-electron chi connectivity index (χ4n) is 1.36. The molecule has 1 aromatic heterocycles. The molecule has 0 saturated carbocycles. The third-order valence-electron chi connectivity index (χ3n) is 2.12. The Morgan fingerprint density at radius 3 is 2.89 bits per heavy atom. The van der Waals surface area contributed by atoms with Crippen LogP contribution in [0.4, 0.5) is 5.69 Å². The van der Waals surface area contributed by atoms with E-state index in [4.69, 9.17) is 5.11 Å². The van der Waals surface area contributed by atoms with Crippen LogP contribution in [0.5, 0.6) is 0 Å². The van der Waals surface area contributed by atoms with Crippen molar-refractivity contribution in [1.82, 2.24) is 4.98 Å². The van der Waals surface area contributed by atoms with Crippen LogP contribution in [-0.2, 0) is 11.2 Å². The molecule has 1 N–H and O–H groups in total. The fourth-order valence-corrected chi connectivity index (χ4v) is 3.25. The van der Waals surface area contributed by atoms with Gasteiger partial charge in [-0.3, -0.25) is 14.9 Å². The van der Waals surface area contributed by atoms with E-state index in [0.717, 1.165) is 11.8 Å². The number of nitrogens with zero attached hydrogens (tertiary/aromatic N) is 2. The maximum atomic E-state index is 10.9. The molecule has 0 saturated heterocycles. The third kappa shape index (κ3) is 3.52. The van der Waals surface area contributed by atoms with Gasteiger partial charge in [-0.05, 0) is 6.07 Å². The summed E-state index contributed by atoms with van der Waals surface area (Å²) in [6.45, 7) is 0. The van der Waals surface area contributed by atoms with E-state index in [1.807, 2.05) is 0 Å². The van der Waals surface area contributed by atoms with Crippen molar-refractivity contribution in [2.75, 3.05) is 0 Å². The van der Waals surface area contributed by atoms with Gasteiger partial charge >= 0.3 is 5.97 Å². The zero-order valence-corrected chi connectivity index (χ0v) is 11.1. The van der Waals surface area contributed by atoms with Gasteiger partial charge in [0.15, 0.2) is 4.34 Å². The highest BCUT2D eigenvalue weighted by molar-refractivity contribution is 8.01. The molecule has 0 atom stereocenters. The zero-order valence-electron chi connectivity index (χ0n) is 9.48. The summed E-state index contributed by atoms with van der Waals surface area (Å²) in [5, 5.41) is 21.2. The molecule has 2 rings (SSSR count). The normalized spacial score (nSPS) is 10.3. The molecule has 0 radical (unpaired) electrons. The maximum Gasteiger partial charge on any atom is 0.309 e. The monoisotopic (exact) mass is 296 g/mol. The van der Waals surface area contributed by atoms with Gasteiger partial charge in [-0.25, -0.2) is 4.98 Å². The van der Waals surface area contributed by atoms with Crippen molar-refractivity contribution in [2.45, 2.75) is 15.7 Å². The number of nitro benzene ring substituents is 1. The van der Waals surface area contributed by atoms with Gasteiger partial charge in [-0.1, -0.05) is 23.9 Å². The number of para-hydroxylation sites is 1. The number of hydrogen-bond acceptors (Lipinski definition) is 6. The average molecular weight is 296 g/mol. The van der Waals surface area contributed by atoms with Gasteiger partial charge in [0.05, 0.1) is 21.9 Å². The van der Waals surface area contributed by atoms with Crippen molar-refractivity contribution >= 4 is 34.8 Å². The van der Waals surface area contributed by atoms with E-state index in [1.165, 1.54) is 17.4 Å². The summed E-state index contributed by atoms with van der Waals surface area (Å²) in [6, 6.07) is 6.37. The lowest BCUT2D eigenvalue weighted by molar-refractivity contribution is -0.387. The SMILES string of the molecule is O=C(O)Cc1csc(Sc2ccccc2[N+](=O)[O-])n1. The highest BCUT2D eigenvalue weighted by atomic mass is 32.2. The molecule has 2 aromatic rings. The predicted octanol–water partition coefficient (Wildman–Crippen LogP) is 2.83. The Morgan fingerprint density at radius 2 is 2.21 bits per heavy atom. The van der Waals surface area contributed by atoms with E-state index in [2.05, 4.69) is 4.98 Å². The molecule has 0 unspecified atom stereocenters. The maximum absolute atomic E-state index is 10.9. The second-order valence-electron chi connectivity index (χ2n) is 3.50. The number of aromatic nitrogens is 1. The summed E-state index contributed by atoms with van der Waals surface area (Å²) in [5.41, 5.74) is 0.473. The summed E-state index contributed by atoms with van der Waals surface area (Å²) < 4.78 is 0.588. The van der Waals surface area contributed by atoms with Gasteiger partial charge in [-0.2, -0.15) is 0 Å². The second-order valence-corrected chi connectivity index (χ2v) is 5.65. The fraction of sp³-hybridized carbons (Fsp3) is 0.0909. The largest absolute Gasteiger partial charge is 0.481 e. The summed E-state index contributed by atoms with van der Waals surface area (Å²) in [5.74, 6) is -0.951. The molecular weight excluding hydrogens is 288 g/mol. The van der Waals surface area contributed by atoms with E-state index in [-0.39, 0.29) is 12.1 Å². The van der Waals surface area contributed by atoms with Crippen molar-refractivity contribution in [3.8, 4) is 0 Å². The lowest BCUT2D eigenvalue weighted by Crippen LogP contribution is -1.99. The highest BCUT2D eigenvalue weighted by Crippen LogP contribution is 2.35. The number of benzene rings is 1. The smallest absolute Gasteiger partial charge is 0.309 e. The van der Waals surface area contributed by atoms with Gasteiger partial charge in [0, 0.05) is 11.4 Å². The van der Waals surface area contributed by atoms with Crippen LogP contribution < -0.4 is 0 Å². The average Bonchev–Trinajstić information content (AvgIpc) is 2.76. The van der Waals surface area contributed by atoms with E-state index < -0.39 is 10.9 Å². The highest BCUT2D eigenvalue weighted by Gasteiger charge is 2.15. The quantitative estimate of drug-likeness (QED) is 0.673. The molecular formula is C11H8N2O4S2. The first kappa shape index (κ1) is 13.5. The Balaban J connectivity index is 2.19. The number of aliphatic carboxylic acids is 1. The lowest BCUT2D eigenvalue weighted by Gasteiger charge is -1.99. The molecule has 8 heteroatoms. The van der Waals surface area contributed by atoms with Gasteiger partial charge in [0.2, 0.25) is 0 Å². The van der Waals surface area contributed by atoms with Crippen LogP contribution in [0, 0.1) is 10.1 Å². The summed E-state index contributed by atoms with van der Waals surface area (Å²) in [7, 11) is 0. The topological polar surface area (TPSA) is 93.3 Å². The van der Waals surface area contributed by atoms with Crippen LogP contribution in [0.15, 0.2) is 38.9 Å². The van der Waals surface area contributed by atoms with E-state index in [0.29, 0.717) is 14.9 Å². The van der Waals surface area contributed by atoms with Crippen molar-refractivity contribution in [1.29, 1.82) is 0 Å². The summed E-state index contributed by atoms with van der Waals surface area (Å²) >= 11 is 2.44. The summed E-state index contributed by atoms with van der Waals surface area (Å²) in [4.78, 5) is 25.6. The zero-order chi connectivity index (χ0) is 13.8. The van der Waals surface area contributed by atoms with Gasteiger partial charge in [-0.15, -0.1) is 11.3 Å².